The van der Waals surface area contributed by atoms with Crippen LogP contribution in [0.2, 0.25) is 78.6 Å². The summed E-state index contributed by atoms with van der Waals surface area (Å²) in [4.78, 5) is 8.66. The van der Waals surface area contributed by atoms with Gasteiger partial charge in [0.05, 0.1) is 0 Å². The number of hydrogen-bond donors (Lipinski definition) is 2. The van der Waals surface area contributed by atoms with E-state index in [1.807, 2.05) is 19.6 Å². The predicted octanol–water partition coefficient (Wildman–Crippen LogP) is 4.56. The highest BCUT2D eigenvalue weighted by Crippen LogP contribution is 2.12. The zero-order valence-corrected chi connectivity index (χ0v) is 21.7. The molecular weight excluding hydrogens is 344 g/mol. The summed E-state index contributed by atoms with van der Waals surface area (Å²) in [5.41, 5.74) is 0. The van der Waals surface area contributed by atoms with E-state index in [0.29, 0.717) is 0 Å². The van der Waals surface area contributed by atoms with E-state index in [0.717, 1.165) is 7.11 Å². The van der Waals surface area contributed by atoms with Crippen molar-refractivity contribution in [3.8, 4) is 0 Å². The molecule has 0 atom stereocenters. The summed E-state index contributed by atoms with van der Waals surface area (Å²) in [5.74, 6) is 0. The second-order valence-corrected chi connectivity index (χ2v) is 27.1. The molecule has 0 spiro atoms. The van der Waals surface area contributed by atoms with Crippen LogP contribution in [0.1, 0.15) is 0 Å². The van der Waals surface area contributed by atoms with E-state index >= 15 is 0 Å². The first kappa shape index (κ1) is 30.6. The van der Waals surface area contributed by atoms with Crippen molar-refractivity contribution in [3.05, 3.63) is 0 Å². The Morgan fingerprint density at radius 1 is 0.545 bits per heavy atom. The van der Waals surface area contributed by atoms with E-state index in [1.165, 1.54) is 0 Å². The van der Waals surface area contributed by atoms with Gasteiger partial charge in [0.25, 0.3) is 0 Å². The third-order valence-corrected chi connectivity index (χ3v) is 7.35. The van der Waals surface area contributed by atoms with Crippen LogP contribution in [0.25, 0.3) is 0 Å². The van der Waals surface area contributed by atoms with Crippen LogP contribution in [0.3, 0.4) is 0 Å². The van der Waals surface area contributed by atoms with Crippen LogP contribution in [0.15, 0.2) is 0 Å². The van der Waals surface area contributed by atoms with Crippen molar-refractivity contribution >= 4 is 33.3 Å². The Morgan fingerprint density at radius 2 is 0.682 bits per heavy atom. The number of aliphatic hydroxyl groups is 1. The Bertz CT molecular complexity index is 217. The summed E-state index contributed by atoms with van der Waals surface area (Å²) >= 11 is 0. The van der Waals surface area contributed by atoms with Gasteiger partial charge in [-0.3, -0.25) is 0 Å². The van der Waals surface area contributed by atoms with Crippen molar-refractivity contribution in [2.24, 2.45) is 0 Å². The number of rotatable bonds is 3. The average Bonchev–Trinajstić information content (AvgIpc) is 2.12. The summed E-state index contributed by atoms with van der Waals surface area (Å²) in [5, 5.41) is 7.00. The molecule has 0 unspecified atom stereocenters. The minimum Gasteiger partial charge on any atom is -0.456 e. The highest BCUT2D eigenvalue weighted by atomic mass is 28.4. The van der Waals surface area contributed by atoms with Gasteiger partial charge in [-0.25, -0.2) is 0 Å². The van der Waals surface area contributed by atoms with Gasteiger partial charge in [-0.15, -0.1) is 0 Å². The third kappa shape index (κ3) is 85.3. The Morgan fingerprint density at radius 3 is 0.682 bits per heavy atom. The normalized spacial score (nSPS) is 12.0. The van der Waals surface area contributed by atoms with Crippen molar-refractivity contribution in [3.63, 3.8) is 0 Å². The summed E-state index contributed by atoms with van der Waals surface area (Å²) in [6.07, 6.45) is 0. The van der Waals surface area contributed by atoms with Crippen molar-refractivity contribution < 1.29 is 18.4 Å². The molecule has 140 valence electrons. The lowest BCUT2D eigenvalue weighted by molar-refractivity contribution is 0.399. The molecular formula is C14H44O4Si4. The molecule has 0 aromatic rings. The summed E-state index contributed by atoms with van der Waals surface area (Å²) in [6.45, 7) is 25.6. The van der Waals surface area contributed by atoms with E-state index in [1.54, 1.807) is 7.11 Å². The SMILES string of the molecule is CO.CO[Si](C)(C)C.C[Si](C)(C)O.C[Si](C)(C)O[Si](C)(C)C. The van der Waals surface area contributed by atoms with E-state index in [4.69, 9.17) is 18.4 Å². The Labute approximate surface area is 144 Å². The minimum absolute atomic E-state index is 1.00. The lowest BCUT2D eigenvalue weighted by atomic mass is 11.8. The molecule has 8 heteroatoms. The van der Waals surface area contributed by atoms with Gasteiger partial charge in [0.1, 0.15) is 0 Å². The maximum Gasteiger partial charge on any atom is 0.183 e. The molecule has 0 aliphatic heterocycles. The largest absolute Gasteiger partial charge is 0.456 e. The van der Waals surface area contributed by atoms with Crippen molar-refractivity contribution in [1.29, 1.82) is 0 Å². The number of aliphatic hydroxyl groups excluding tert-OH is 1. The van der Waals surface area contributed by atoms with Crippen LogP contribution >= 0.6 is 0 Å². The van der Waals surface area contributed by atoms with Gasteiger partial charge in [-0.05, 0) is 78.6 Å². The minimum atomic E-state index is -1.61. The third-order valence-electron chi connectivity index (χ3n) is 1.22. The van der Waals surface area contributed by atoms with Gasteiger partial charge in [-0.2, -0.15) is 0 Å². The van der Waals surface area contributed by atoms with E-state index in [-0.39, 0.29) is 0 Å². The fraction of sp³-hybridized carbons (Fsp3) is 1.00. The van der Waals surface area contributed by atoms with Crippen LogP contribution in [0.4, 0.5) is 0 Å². The second-order valence-electron chi connectivity index (χ2n) is 8.81. The van der Waals surface area contributed by atoms with Gasteiger partial charge < -0.3 is 18.4 Å². The molecule has 22 heavy (non-hydrogen) atoms. The molecule has 0 fully saturated rings. The summed E-state index contributed by atoms with van der Waals surface area (Å²) in [6, 6.07) is 0. The molecule has 0 aromatic carbocycles. The van der Waals surface area contributed by atoms with Gasteiger partial charge in [-0.1, -0.05) is 0 Å². The summed E-state index contributed by atoms with van der Waals surface area (Å²) in [7, 11) is -2.43. The van der Waals surface area contributed by atoms with Crippen LogP contribution in [-0.4, -0.2) is 57.4 Å². The quantitative estimate of drug-likeness (QED) is 0.696. The maximum atomic E-state index is 8.66. The standard InChI is InChI=1S/C6H18OSi2.C4H12OSi.C3H10OSi.CH4O/c1-8(2,3)7-9(4,5)6;1-5-6(2,3)4;1-5(2,3)4;1-2/h1-6H3;1-4H3;4H,1-3H3;2H,1H3. The molecule has 0 aromatic heterocycles. The molecule has 0 aliphatic carbocycles. The summed E-state index contributed by atoms with van der Waals surface area (Å²) < 4.78 is 11.0. The van der Waals surface area contributed by atoms with Crippen LogP contribution in [-0.2, 0) is 8.54 Å². The molecule has 0 aliphatic rings. The van der Waals surface area contributed by atoms with E-state index < -0.39 is 33.3 Å². The Kier molecular flexibility index (Phi) is 18.1. The molecule has 0 radical (unpaired) electrons. The topological polar surface area (TPSA) is 58.9 Å². The van der Waals surface area contributed by atoms with E-state index in [9.17, 15) is 0 Å². The lowest BCUT2D eigenvalue weighted by Crippen LogP contribution is -2.39. The zero-order valence-electron chi connectivity index (χ0n) is 17.7. The monoisotopic (exact) mass is 388 g/mol. The molecule has 0 amide bonds. The first-order chi connectivity index (χ1) is 9.27. The van der Waals surface area contributed by atoms with Crippen molar-refractivity contribution in [2.45, 2.75) is 78.6 Å². The van der Waals surface area contributed by atoms with Gasteiger partial charge >= 0.3 is 0 Å². The van der Waals surface area contributed by atoms with Gasteiger partial charge in [0.15, 0.2) is 33.3 Å². The molecule has 0 saturated carbocycles. The smallest absolute Gasteiger partial charge is 0.183 e. The van der Waals surface area contributed by atoms with Crippen LogP contribution in [0.5, 0.6) is 0 Å². The number of hydrogen-bond acceptors (Lipinski definition) is 4. The van der Waals surface area contributed by atoms with Gasteiger partial charge in [0.2, 0.25) is 0 Å². The fourth-order valence-electron chi connectivity index (χ4n) is 0.919. The van der Waals surface area contributed by atoms with Crippen LogP contribution in [0, 0.1) is 0 Å². The molecule has 2 N–H and O–H groups in total. The average molecular weight is 389 g/mol. The van der Waals surface area contributed by atoms with Gasteiger partial charge in [0, 0.05) is 14.2 Å². The fourth-order valence-corrected chi connectivity index (χ4v) is 8.27. The first-order valence-electron chi connectivity index (χ1n) is 7.69. The first-order valence-corrected chi connectivity index (χ1v) is 21.4. The molecule has 4 nitrogen and oxygen atoms in total. The highest BCUT2D eigenvalue weighted by Gasteiger charge is 2.24. The van der Waals surface area contributed by atoms with E-state index in [2.05, 4.69) is 58.9 Å². The highest BCUT2D eigenvalue weighted by molar-refractivity contribution is 6.83. The lowest BCUT2D eigenvalue weighted by Gasteiger charge is -2.27. The van der Waals surface area contributed by atoms with Crippen LogP contribution < -0.4 is 0 Å². The van der Waals surface area contributed by atoms with Crippen molar-refractivity contribution in [2.75, 3.05) is 14.2 Å². The zero-order chi connectivity index (χ0) is 19.4. The Hall–Kier alpha value is 0.708. The second kappa shape index (κ2) is 13.0. The molecule has 0 heterocycles. The molecule has 0 bridgehead atoms. The molecule has 0 rings (SSSR count). The maximum absolute atomic E-state index is 8.66. The predicted molar refractivity (Wildman–Crippen MR) is 112 cm³/mol. The van der Waals surface area contributed by atoms with Crippen molar-refractivity contribution in [1.82, 2.24) is 0 Å². The Balaban J connectivity index is -0.000000109. The molecule has 0 saturated heterocycles.